The number of pyridine rings is 1. The predicted molar refractivity (Wildman–Crippen MR) is 103 cm³/mol. The van der Waals surface area contributed by atoms with Crippen molar-refractivity contribution in [3.63, 3.8) is 0 Å². The van der Waals surface area contributed by atoms with Crippen molar-refractivity contribution < 1.29 is 9.59 Å². The molecule has 2 fully saturated rings. The lowest BCUT2D eigenvalue weighted by molar-refractivity contribution is -0.128. The molecule has 1 aliphatic carbocycles. The van der Waals surface area contributed by atoms with Crippen molar-refractivity contribution in [1.29, 1.82) is 0 Å². The van der Waals surface area contributed by atoms with E-state index in [1.165, 1.54) is 6.08 Å². The van der Waals surface area contributed by atoms with Gasteiger partial charge >= 0.3 is 0 Å². The second-order valence-electron chi connectivity index (χ2n) is 6.99. The predicted octanol–water partition coefficient (Wildman–Crippen LogP) is 1.42. The van der Waals surface area contributed by atoms with Crippen LogP contribution in [0.3, 0.4) is 0 Å². The Morgan fingerprint density at radius 1 is 1.22 bits per heavy atom. The molecule has 3 heterocycles. The quantitative estimate of drug-likeness (QED) is 0.788. The number of nitrogens with one attached hydrogen (secondary N) is 1. The first-order valence-corrected chi connectivity index (χ1v) is 9.59. The maximum atomic E-state index is 12.5. The summed E-state index contributed by atoms with van der Waals surface area (Å²) in [5, 5.41) is 3.37. The van der Waals surface area contributed by atoms with Gasteiger partial charge in [-0.3, -0.25) is 18.9 Å². The topological polar surface area (TPSA) is 70.0 Å². The minimum absolute atomic E-state index is 0.0565. The van der Waals surface area contributed by atoms with Gasteiger partial charge in [0.1, 0.15) is 5.65 Å². The van der Waals surface area contributed by atoms with E-state index in [2.05, 4.69) is 15.2 Å². The minimum atomic E-state index is -0.0565. The lowest BCUT2D eigenvalue weighted by Gasteiger charge is -2.33. The highest BCUT2D eigenvalue weighted by molar-refractivity contribution is 6.31. The highest BCUT2D eigenvalue weighted by atomic mass is 35.5. The van der Waals surface area contributed by atoms with Gasteiger partial charge in [-0.05, 0) is 31.1 Å². The zero-order valence-electron chi connectivity index (χ0n) is 15.0. The van der Waals surface area contributed by atoms with Crippen LogP contribution < -0.4 is 5.32 Å². The number of imidazole rings is 1. The van der Waals surface area contributed by atoms with Gasteiger partial charge in [0.15, 0.2) is 5.15 Å². The van der Waals surface area contributed by atoms with Gasteiger partial charge < -0.3 is 10.2 Å². The molecule has 142 valence electrons. The zero-order valence-corrected chi connectivity index (χ0v) is 15.7. The largest absolute Gasteiger partial charge is 0.352 e. The molecule has 2 aromatic rings. The molecule has 0 radical (unpaired) electrons. The molecule has 0 unspecified atom stereocenters. The van der Waals surface area contributed by atoms with Crippen LogP contribution in [0.25, 0.3) is 11.7 Å². The van der Waals surface area contributed by atoms with Crippen LogP contribution in [-0.2, 0) is 9.59 Å². The van der Waals surface area contributed by atoms with Crippen LogP contribution in [-0.4, -0.2) is 69.8 Å². The molecule has 0 spiro atoms. The van der Waals surface area contributed by atoms with E-state index in [-0.39, 0.29) is 11.8 Å². The Morgan fingerprint density at radius 3 is 2.74 bits per heavy atom. The van der Waals surface area contributed by atoms with Crippen LogP contribution in [0.1, 0.15) is 18.5 Å². The van der Waals surface area contributed by atoms with E-state index in [1.807, 2.05) is 28.8 Å². The Bertz CT molecular complexity index is 881. The van der Waals surface area contributed by atoms with Crippen molar-refractivity contribution in [2.75, 3.05) is 32.7 Å². The summed E-state index contributed by atoms with van der Waals surface area (Å²) < 4.78 is 1.85. The van der Waals surface area contributed by atoms with Crippen LogP contribution in [0.2, 0.25) is 5.15 Å². The lowest BCUT2D eigenvalue weighted by atomic mass is 10.3. The number of nitrogens with zero attached hydrogens (tertiary/aromatic N) is 4. The molecule has 2 aliphatic rings. The summed E-state index contributed by atoms with van der Waals surface area (Å²) in [7, 11) is 0. The number of hydrogen-bond donors (Lipinski definition) is 1. The summed E-state index contributed by atoms with van der Waals surface area (Å²) in [4.78, 5) is 32.5. The molecular formula is C19H22ClN5O2. The van der Waals surface area contributed by atoms with Crippen LogP contribution >= 0.6 is 11.6 Å². The molecule has 0 atom stereocenters. The summed E-state index contributed by atoms with van der Waals surface area (Å²) in [6.07, 6.45) is 7.30. The van der Waals surface area contributed by atoms with Gasteiger partial charge in [-0.25, -0.2) is 4.98 Å². The normalized spacial score (nSPS) is 18.3. The smallest absolute Gasteiger partial charge is 0.246 e. The third-order valence-electron chi connectivity index (χ3n) is 4.90. The van der Waals surface area contributed by atoms with Gasteiger partial charge in [0.05, 0.1) is 12.2 Å². The van der Waals surface area contributed by atoms with Gasteiger partial charge in [0.2, 0.25) is 11.8 Å². The van der Waals surface area contributed by atoms with E-state index in [9.17, 15) is 9.59 Å². The molecule has 1 saturated carbocycles. The fourth-order valence-corrected chi connectivity index (χ4v) is 3.46. The van der Waals surface area contributed by atoms with Gasteiger partial charge in [-0.15, -0.1) is 0 Å². The molecule has 8 heteroatoms. The molecule has 4 rings (SSSR count). The molecule has 2 amide bonds. The van der Waals surface area contributed by atoms with Gasteiger partial charge in [-0.2, -0.15) is 0 Å². The lowest BCUT2D eigenvalue weighted by Crippen LogP contribution is -2.51. The monoisotopic (exact) mass is 387 g/mol. The van der Waals surface area contributed by atoms with Crippen molar-refractivity contribution in [2.24, 2.45) is 0 Å². The Balaban J connectivity index is 1.32. The zero-order chi connectivity index (χ0) is 18.8. The second kappa shape index (κ2) is 7.70. The molecule has 1 aliphatic heterocycles. The van der Waals surface area contributed by atoms with Crippen LogP contribution in [0.5, 0.6) is 0 Å². The summed E-state index contributed by atoms with van der Waals surface area (Å²) in [5.74, 6) is 0.0263. The van der Waals surface area contributed by atoms with Crippen LogP contribution in [0.15, 0.2) is 30.5 Å². The number of hydrogen-bond acceptors (Lipinski definition) is 4. The van der Waals surface area contributed by atoms with E-state index in [1.54, 1.807) is 11.0 Å². The highest BCUT2D eigenvalue weighted by Crippen LogP contribution is 2.19. The third kappa shape index (κ3) is 4.31. The molecule has 0 aromatic carbocycles. The Labute approximate surface area is 162 Å². The molecule has 1 saturated heterocycles. The Hall–Kier alpha value is -2.38. The fourth-order valence-electron chi connectivity index (χ4n) is 3.22. The van der Waals surface area contributed by atoms with E-state index in [0.29, 0.717) is 49.6 Å². The average Bonchev–Trinajstić information content (AvgIpc) is 3.41. The third-order valence-corrected chi connectivity index (χ3v) is 5.18. The first-order chi connectivity index (χ1) is 13.1. The summed E-state index contributed by atoms with van der Waals surface area (Å²) in [6.45, 7) is 3.04. The summed E-state index contributed by atoms with van der Waals surface area (Å²) in [5.41, 5.74) is 1.43. The van der Waals surface area contributed by atoms with Crippen LogP contribution in [0.4, 0.5) is 0 Å². The first-order valence-electron chi connectivity index (χ1n) is 9.21. The van der Waals surface area contributed by atoms with Crippen molar-refractivity contribution in [3.8, 4) is 0 Å². The van der Waals surface area contributed by atoms with E-state index in [0.717, 1.165) is 18.5 Å². The Kier molecular flexibility index (Phi) is 5.13. The van der Waals surface area contributed by atoms with Gasteiger partial charge in [0.25, 0.3) is 0 Å². The molecule has 0 bridgehead atoms. The van der Waals surface area contributed by atoms with E-state index in [4.69, 9.17) is 11.6 Å². The van der Waals surface area contributed by atoms with E-state index >= 15 is 0 Å². The second-order valence-corrected chi connectivity index (χ2v) is 7.35. The number of aromatic nitrogens is 2. The van der Waals surface area contributed by atoms with Crippen molar-refractivity contribution in [2.45, 2.75) is 18.9 Å². The maximum absolute atomic E-state index is 12.5. The standard InChI is InChI=1S/C19H22ClN5O2/c20-19-15(25-8-2-1-3-16(25)22-19)6-7-18(27)24-11-9-23(10-12-24)13-17(26)21-14-4-5-14/h1-3,6-8,14H,4-5,9-13H2,(H,21,26). The number of halogens is 1. The number of amides is 2. The number of carbonyl (C=O) groups excluding carboxylic acids is 2. The number of piperazine rings is 1. The highest BCUT2D eigenvalue weighted by Gasteiger charge is 2.26. The summed E-state index contributed by atoms with van der Waals surface area (Å²) >= 11 is 6.19. The van der Waals surface area contributed by atoms with Crippen molar-refractivity contribution in [3.05, 3.63) is 41.3 Å². The fraction of sp³-hybridized carbons (Fsp3) is 0.421. The number of fused-ring (bicyclic) bond motifs is 1. The van der Waals surface area contributed by atoms with Crippen molar-refractivity contribution >= 4 is 35.1 Å². The Morgan fingerprint density at radius 2 is 2.00 bits per heavy atom. The van der Waals surface area contributed by atoms with Gasteiger partial charge in [-0.1, -0.05) is 17.7 Å². The van der Waals surface area contributed by atoms with Gasteiger partial charge in [0, 0.05) is 44.5 Å². The molecular weight excluding hydrogens is 366 g/mol. The van der Waals surface area contributed by atoms with Crippen molar-refractivity contribution in [1.82, 2.24) is 24.5 Å². The average molecular weight is 388 g/mol. The minimum Gasteiger partial charge on any atom is -0.352 e. The van der Waals surface area contributed by atoms with E-state index < -0.39 is 0 Å². The van der Waals surface area contributed by atoms with Crippen LogP contribution in [0, 0.1) is 0 Å². The SMILES string of the molecule is O=C(CN1CCN(C(=O)C=Cc2c(Cl)nc3ccccn23)CC1)NC1CC1. The maximum Gasteiger partial charge on any atom is 0.246 e. The number of rotatable bonds is 5. The summed E-state index contributed by atoms with van der Waals surface area (Å²) in [6, 6.07) is 6.03. The molecule has 1 N–H and O–H groups in total. The number of carbonyl (C=O) groups is 2. The molecule has 27 heavy (non-hydrogen) atoms. The molecule has 2 aromatic heterocycles. The first kappa shape index (κ1) is 18.0. The molecule has 7 nitrogen and oxygen atoms in total.